The normalized spacial score (nSPS) is 39.1. The predicted octanol–water partition coefficient (Wildman–Crippen LogP) is 4.06. The summed E-state index contributed by atoms with van der Waals surface area (Å²) < 4.78 is 0. The molecule has 0 aromatic carbocycles. The first-order valence-corrected chi connectivity index (χ1v) is 9.75. The Balaban J connectivity index is 1.59. The summed E-state index contributed by atoms with van der Waals surface area (Å²) in [5.41, 5.74) is 0. The summed E-state index contributed by atoms with van der Waals surface area (Å²) in [6, 6.07) is 1.73. The van der Waals surface area contributed by atoms with E-state index in [1.54, 1.807) is 0 Å². The molecule has 0 bridgehead atoms. The van der Waals surface area contributed by atoms with Crippen LogP contribution in [0.25, 0.3) is 0 Å². The molecule has 0 spiro atoms. The second kappa shape index (κ2) is 7.46. The van der Waals surface area contributed by atoms with Crippen LogP contribution in [0.5, 0.6) is 0 Å². The molecule has 1 N–H and O–H groups in total. The lowest BCUT2D eigenvalue weighted by molar-refractivity contribution is 0.115. The summed E-state index contributed by atoms with van der Waals surface area (Å²) in [6.07, 6.45) is 13.2. The predicted molar refractivity (Wildman–Crippen MR) is 90.5 cm³/mol. The average molecular weight is 293 g/mol. The molecule has 0 radical (unpaired) electrons. The molecule has 4 unspecified atom stereocenters. The van der Waals surface area contributed by atoms with Crippen molar-refractivity contribution in [1.29, 1.82) is 0 Å². The van der Waals surface area contributed by atoms with Crippen LogP contribution >= 0.6 is 0 Å². The fourth-order valence-corrected chi connectivity index (χ4v) is 5.49. The van der Waals surface area contributed by atoms with Crippen molar-refractivity contribution in [3.63, 3.8) is 0 Å². The van der Waals surface area contributed by atoms with E-state index in [0.29, 0.717) is 0 Å². The maximum Gasteiger partial charge on any atom is 0.0124 e. The Kier molecular flexibility index (Phi) is 5.61. The Labute approximate surface area is 132 Å². The van der Waals surface area contributed by atoms with Crippen LogP contribution < -0.4 is 5.32 Å². The van der Waals surface area contributed by atoms with Crippen molar-refractivity contribution in [2.24, 2.45) is 17.8 Å². The lowest BCUT2D eigenvalue weighted by Gasteiger charge is -2.40. The highest BCUT2D eigenvalue weighted by atomic mass is 15.2. The van der Waals surface area contributed by atoms with E-state index < -0.39 is 0 Å². The third-order valence-electron chi connectivity index (χ3n) is 6.54. The number of likely N-dealkylation sites (tertiary alicyclic amines) is 1. The molecule has 1 heterocycles. The van der Waals surface area contributed by atoms with Gasteiger partial charge in [-0.3, -0.25) is 4.90 Å². The largest absolute Gasteiger partial charge is 0.314 e. The minimum atomic E-state index is 0.788. The Hall–Kier alpha value is -0.0800. The molecular weight excluding hydrogens is 256 g/mol. The Bertz CT molecular complexity index is 311. The van der Waals surface area contributed by atoms with Gasteiger partial charge < -0.3 is 5.32 Å². The zero-order valence-corrected chi connectivity index (χ0v) is 14.3. The van der Waals surface area contributed by atoms with E-state index in [1.807, 2.05) is 0 Å². The van der Waals surface area contributed by atoms with Gasteiger partial charge in [-0.15, -0.1) is 0 Å². The second-order valence-electron chi connectivity index (χ2n) is 8.09. The molecule has 3 fully saturated rings. The topological polar surface area (TPSA) is 15.3 Å². The Morgan fingerprint density at radius 1 is 1.00 bits per heavy atom. The van der Waals surface area contributed by atoms with Crippen molar-refractivity contribution in [1.82, 2.24) is 10.2 Å². The molecule has 2 heteroatoms. The van der Waals surface area contributed by atoms with Gasteiger partial charge in [-0.1, -0.05) is 26.7 Å². The monoisotopic (exact) mass is 292 g/mol. The van der Waals surface area contributed by atoms with Crippen molar-refractivity contribution in [2.75, 3.05) is 19.6 Å². The van der Waals surface area contributed by atoms with E-state index in [9.17, 15) is 0 Å². The van der Waals surface area contributed by atoms with Gasteiger partial charge in [-0.05, 0) is 75.8 Å². The van der Waals surface area contributed by atoms with Gasteiger partial charge in [-0.2, -0.15) is 0 Å². The standard InChI is InChI=1S/C19H36N2/c1-3-20-18-11-10-15(2)13-17(18)14-21-12-6-9-19(21)16-7-4-5-8-16/h15-20H,3-14H2,1-2H3. The van der Waals surface area contributed by atoms with E-state index in [4.69, 9.17) is 0 Å². The fourth-order valence-electron chi connectivity index (χ4n) is 5.49. The van der Waals surface area contributed by atoms with Gasteiger partial charge in [0.15, 0.2) is 0 Å². The van der Waals surface area contributed by atoms with Gasteiger partial charge in [0, 0.05) is 18.6 Å². The SMILES string of the molecule is CCNC1CCC(C)CC1CN1CCCC1C1CCCC1. The van der Waals surface area contributed by atoms with Crippen LogP contribution in [0.15, 0.2) is 0 Å². The van der Waals surface area contributed by atoms with E-state index in [2.05, 4.69) is 24.1 Å². The van der Waals surface area contributed by atoms with Gasteiger partial charge in [-0.25, -0.2) is 0 Å². The third-order valence-corrected chi connectivity index (χ3v) is 6.54. The smallest absolute Gasteiger partial charge is 0.0124 e. The maximum absolute atomic E-state index is 3.79. The molecule has 21 heavy (non-hydrogen) atoms. The van der Waals surface area contributed by atoms with Crippen LogP contribution in [0.2, 0.25) is 0 Å². The van der Waals surface area contributed by atoms with Gasteiger partial charge in [0.25, 0.3) is 0 Å². The van der Waals surface area contributed by atoms with Crippen molar-refractivity contribution in [3.8, 4) is 0 Å². The van der Waals surface area contributed by atoms with Crippen molar-refractivity contribution >= 4 is 0 Å². The first kappa shape index (κ1) is 15.8. The number of nitrogens with one attached hydrogen (secondary N) is 1. The molecule has 0 aromatic heterocycles. The number of hydrogen-bond acceptors (Lipinski definition) is 2. The van der Waals surface area contributed by atoms with Crippen LogP contribution in [0, 0.1) is 17.8 Å². The first-order valence-electron chi connectivity index (χ1n) is 9.75. The summed E-state index contributed by atoms with van der Waals surface area (Å²) in [5.74, 6) is 2.87. The molecule has 3 aliphatic rings. The Morgan fingerprint density at radius 3 is 2.57 bits per heavy atom. The molecule has 0 amide bonds. The van der Waals surface area contributed by atoms with Crippen LogP contribution in [-0.4, -0.2) is 36.6 Å². The summed E-state index contributed by atoms with van der Waals surface area (Å²) in [4.78, 5) is 2.91. The highest BCUT2D eigenvalue weighted by Gasteiger charge is 2.36. The van der Waals surface area contributed by atoms with Crippen LogP contribution in [0.3, 0.4) is 0 Å². The molecule has 1 aliphatic heterocycles. The number of rotatable bonds is 5. The number of hydrogen-bond donors (Lipinski definition) is 1. The van der Waals surface area contributed by atoms with E-state index in [-0.39, 0.29) is 0 Å². The highest BCUT2D eigenvalue weighted by molar-refractivity contribution is 4.92. The summed E-state index contributed by atoms with van der Waals surface area (Å²) >= 11 is 0. The van der Waals surface area contributed by atoms with E-state index in [0.717, 1.165) is 36.4 Å². The minimum absolute atomic E-state index is 0.788. The summed E-state index contributed by atoms with van der Waals surface area (Å²) in [5, 5.41) is 3.79. The van der Waals surface area contributed by atoms with Crippen molar-refractivity contribution in [2.45, 2.75) is 83.7 Å². The quantitative estimate of drug-likeness (QED) is 0.822. The maximum atomic E-state index is 3.79. The Morgan fingerprint density at radius 2 is 1.81 bits per heavy atom. The summed E-state index contributed by atoms with van der Waals surface area (Å²) in [7, 11) is 0. The minimum Gasteiger partial charge on any atom is -0.314 e. The second-order valence-corrected chi connectivity index (χ2v) is 8.09. The van der Waals surface area contributed by atoms with Gasteiger partial charge in [0.1, 0.15) is 0 Å². The van der Waals surface area contributed by atoms with Crippen LogP contribution in [0.1, 0.15) is 71.6 Å². The van der Waals surface area contributed by atoms with Gasteiger partial charge in [0.2, 0.25) is 0 Å². The first-order chi connectivity index (χ1) is 10.3. The van der Waals surface area contributed by atoms with Crippen molar-refractivity contribution in [3.05, 3.63) is 0 Å². The average Bonchev–Trinajstić information content (AvgIpc) is 3.12. The molecule has 122 valence electrons. The van der Waals surface area contributed by atoms with Gasteiger partial charge in [0.05, 0.1) is 0 Å². The zero-order chi connectivity index (χ0) is 14.7. The molecular formula is C19H36N2. The van der Waals surface area contributed by atoms with Crippen LogP contribution in [0.4, 0.5) is 0 Å². The fraction of sp³-hybridized carbons (Fsp3) is 1.00. The zero-order valence-electron chi connectivity index (χ0n) is 14.3. The molecule has 3 rings (SSSR count). The highest BCUT2D eigenvalue weighted by Crippen LogP contribution is 2.37. The molecule has 2 saturated carbocycles. The third kappa shape index (κ3) is 3.82. The number of nitrogens with zero attached hydrogens (tertiary/aromatic N) is 1. The lowest BCUT2D eigenvalue weighted by Crippen LogP contribution is -2.47. The molecule has 1 saturated heterocycles. The van der Waals surface area contributed by atoms with Gasteiger partial charge >= 0.3 is 0 Å². The lowest BCUT2D eigenvalue weighted by atomic mass is 9.78. The molecule has 4 atom stereocenters. The molecule has 2 aliphatic carbocycles. The summed E-state index contributed by atoms with van der Waals surface area (Å²) in [6.45, 7) is 8.63. The van der Waals surface area contributed by atoms with Crippen molar-refractivity contribution < 1.29 is 0 Å². The molecule has 2 nitrogen and oxygen atoms in total. The molecule has 0 aromatic rings. The van der Waals surface area contributed by atoms with Crippen LogP contribution in [-0.2, 0) is 0 Å². The van der Waals surface area contributed by atoms with E-state index in [1.165, 1.54) is 70.9 Å². The van der Waals surface area contributed by atoms with E-state index >= 15 is 0 Å².